The maximum absolute atomic E-state index is 12.2. The van der Waals surface area contributed by atoms with Crippen LogP contribution in [-0.4, -0.2) is 17.6 Å². The molecule has 2 rings (SSSR count). The molecule has 0 aromatic heterocycles. The standard InChI is InChI=1S/C20H25NO2/c1-5-18(19(22)21-20(2,3)4)23-17-13-11-16(12-14-17)15-9-7-6-8-10-15/h6-14,18H,5H2,1-4H3,(H,21,22). The maximum atomic E-state index is 12.2. The summed E-state index contributed by atoms with van der Waals surface area (Å²) in [4.78, 5) is 12.2. The molecule has 0 aliphatic carbocycles. The van der Waals surface area contributed by atoms with Crippen LogP contribution >= 0.6 is 0 Å². The molecule has 0 fully saturated rings. The number of ether oxygens (including phenoxy) is 1. The number of benzene rings is 2. The van der Waals surface area contributed by atoms with E-state index in [4.69, 9.17) is 4.74 Å². The molecular formula is C20H25NO2. The molecule has 1 N–H and O–H groups in total. The van der Waals surface area contributed by atoms with Crippen LogP contribution < -0.4 is 10.1 Å². The summed E-state index contributed by atoms with van der Waals surface area (Å²) in [5.41, 5.74) is 2.03. The van der Waals surface area contributed by atoms with Gasteiger partial charge < -0.3 is 10.1 Å². The second-order valence-corrected chi connectivity index (χ2v) is 6.64. The molecule has 0 radical (unpaired) electrons. The van der Waals surface area contributed by atoms with Crippen LogP contribution in [0.2, 0.25) is 0 Å². The molecule has 0 spiro atoms. The second-order valence-electron chi connectivity index (χ2n) is 6.64. The Morgan fingerprint density at radius 1 is 1.00 bits per heavy atom. The Bertz CT molecular complexity index is 627. The van der Waals surface area contributed by atoms with Gasteiger partial charge in [-0.05, 0) is 50.5 Å². The van der Waals surface area contributed by atoms with Gasteiger partial charge in [0.2, 0.25) is 0 Å². The van der Waals surface area contributed by atoms with Crippen molar-refractivity contribution in [3.8, 4) is 16.9 Å². The Kier molecular flexibility index (Phi) is 5.43. The number of nitrogens with one attached hydrogen (secondary N) is 1. The van der Waals surface area contributed by atoms with E-state index in [1.807, 2.05) is 70.2 Å². The second kappa shape index (κ2) is 7.32. The molecule has 0 aliphatic heterocycles. The fraction of sp³-hybridized carbons (Fsp3) is 0.350. The lowest BCUT2D eigenvalue weighted by atomic mass is 10.1. The number of carbonyl (C=O) groups excluding carboxylic acids is 1. The van der Waals surface area contributed by atoms with E-state index in [-0.39, 0.29) is 11.4 Å². The summed E-state index contributed by atoms with van der Waals surface area (Å²) in [6, 6.07) is 18.0. The summed E-state index contributed by atoms with van der Waals surface area (Å²) in [5.74, 6) is 0.632. The third-order valence-electron chi connectivity index (χ3n) is 3.40. The molecule has 0 saturated heterocycles. The summed E-state index contributed by atoms with van der Waals surface area (Å²) < 4.78 is 5.85. The molecule has 23 heavy (non-hydrogen) atoms. The van der Waals surface area contributed by atoms with E-state index in [1.54, 1.807) is 0 Å². The lowest BCUT2D eigenvalue weighted by Crippen LogP contribution is -2.47. The third-order valence-corrected chi connectivity index (χ3v) is 3.40. The summed E-state index contributed by atoms with van der Waals surface area (Å²) in [6.45, 7) is 7.84. The number of rotatable bonds is 5. The SMILES string of the molecule is CCC(Oc1ccc(-c2ccccc2)cc1)C(=O)NC(C)(C)C. The van der Waals surface area contributed by atoms with Crippen LogP contribution in [0.3, 0.4) is 0 Å². The maximum Gasteiger partial charge on any atom is 0.261 e. The predicted molar refractivity (Wildman–Crippen MR) is 94.5 cm³/mol. The van der Waals surface area contributed by atoms with Gasteiger partial charge in [0.05, 0.1) is 0 Å². The quantitative estimate of drug-likeness (QED) is 0.887. The third kappa shape index (κ3) is 5.13. The van der Waals surface area contributed by atoms with Crippen molar-refractivity contribution in [3.05, 3.63) is 54.6 Å². The predicted octanol–water partition coefficient (Wildman–Crippen LogP) is 4.43. The first-order valence-electron chi connectivity index (χ1n) is 8.03. The van der Waals surface area contributed by atoms with Gasteiger partial charge in [-0.3, -0.25) is 4.79 Å². The number of hydrogen-bond acceptors (Lipinski definition) is 2. The van der Waals surface area contributed by atoms with Crippen molar-refractivity contribution in [2.45, 2.75) is 45.8 Å². The summed E-state index contributed by atoms with van der Waals surface area (Å²) in [7, 11) is 0. The minimum absolute atomic E-state index is 0.0767. The molecule has 3 nitrogen and oxygen atoms in total. The van der Waals surface area contributed by atoms with Crippen LogP contribution in [-0.2, 0) is 4.79 Å². The molecule has 0 aliphatic rings. The molecular weight excluding hydrogens is 286 g/mol. The zero-order chi connectivity index (χ0) is 16.9. The fourth-order valence-corrected chi connectivity index (χ4v) is 2.29. The largest absolute Gasteiger partial charge is 0.481 e. The first kappa shape index (κ1) is 17.1. The van der Waals surface area contributed by atoms with Crippen molar-refractivity contribution in [3.63, 3.8) is 0 Å². The first-order valence-corrected chi connectivity index (χ1v) is 8.03. The lowest BCUT2D eigenvalue weighted by molar-refractivity contribution is -0.129. The van der Waals surface area contributed by atoms with Crippen LogP contribution in [0, 0.1) is 0 Å². The van der Waals surface area contributed by atoms with E-state index in [0.29, 0.717) is 12.2 Å². The molecule has 122 valence electrons. The van der Waals surface area contributed by atoms with Crippen molar-refractivity contribution in [1.29, 1.82) is 0 Å². The minimum atomic E-state index is -0.475. The van der Waals surface area contributed by atoms with E-state index >= 15 is 0 Å². The van der Waals surface area contributed by atoms with Gasteiger partial charge in [0.1, 0.15) is 5.75 Å². The Labute approximate surface area is 138 Å². The van der Waals surface area contributed by atoms with Crippen LogP contribution in [0.15, 0.2) is 54.6 Å². The van der Waals surface area contributed by atoms with Crippen molar-refractivity contribution >= 4 is 5.91 Å². The van der Waals surface area contributed by atoms with E-state index in [1.165, 1.54) is 0 Å². The summed E-state index contributed by atoms with van der Waals surface area (Å²) in [6.07, 6.45) is 0.152. The average molecular weight is 311 g/mol. The number of hydrogen-bond donors (Lipinski definition) is 1. The van der Waals surface area contributed by atoms with Gasteiger partial charge in [0.15, 0.2) is 6.10 Å². The van der Waals surface area contributed by atoms with Crippen LogP contribution in [0.25, 0.3) is 11.1 Å². The molecule has 1 amide bonds. The van der Waals surface area contributed by atoms with E-state index in [0.717, 1.165) is 11.1 Å². The zero-order valence-corrected chi connectivity index (χ0v) is 14.3. The van der Waals surface area contributed by atoms with E-state index < -0.39 is 6.10 Å². The first-order chi connectivity index (χ1) is 10.9. The molecule has 2 aromatic carbocycles. The van der Waals surface area contributed by atoms with Crippen LogP contribution in [0.5, 0.6) is 5.75 Å². The number of carbonyl (C=O) groups is 1. The summed E-state index contributed by atoms with van der Waals surface area (Å²) in [5, 5.41) is 2.96. The average Bonchev–Trinajstić information content (AvgIpc) is 2.52. The number of amides is 1. The Hall–Kier alpha value is -2.29. The van der Waals surface area contributed by atoms with Crippen LogP contribution in [0.1, 0.15) is 34.1 Å². The molecule has 2 aromatic rings. The summed E-state index contributed by atoms with van der Waals surface area (Å²) >= 11 is 0. The van der Waals surface area contributed by atoms with Gasteiger partial charge in [-0.2, -0.15) is 0 Å². The highest BCUT2D eigenvalue weighted by Crippen LogP contribution is 2.23. The highest BCUT2D eigenvalue weighted by atomic mass is 16.5. The minimum Gasteiger partial charge on any atom is -0.481 e. The van der Waals surface area contributed by atoms with E-state index in [2.05, 4.69) is 17.4 Å². The van der Waals surface area contributed by atoms with Gasteiger partial charge in [-0.25, -0.2) is 0 Å². The van der Waals surface area contributed by atoms with Gasteiger partial charge in [0, 0.05) is 5.54 Å². The monoisotopic (exact) mass is 311 g/mol. The molecule has 1 unspecified atom stereocenters. The Morgan fingerprint density at radius 3 is 2.09 bits per heavy atom. The highest BCUT2D eigenvalue weighted by molar-refractivity contribution is 5.81. The zero-order valence-electron chi connectivity index (χ0n) is 14.3. The van der Waals surface area contributed by atoms with Gasteiger partial charge in [0.25, 0.3) is 5.91 Å². The molecule has 3 heteroatoms. The molecule has 0 saturated carbocycles. The van der Waals surface area contributed by atoms with Crippen molar-refractivity contribution in [2.75, 3.05) is 0 Å². The molecule has 1 atom stereocenters. The fourth-order valence-electron chi connectivity index (χ4n) is 2.29. The van der Waals surface area contributed by atoms with E-state index in [9.17, 15) is 4.79 Å². The van der Waals surface area contributed by atoms with Crippen molar-refractivity contribution in [2.24, 2.45) is 0 Å². The Morgan fingerprint density at radius 2 is 1.57 bits per heavy atom. The molecule has 0 bridgehead atoms. The van der Waals surface area contributed by atoms with Crippen molar-refractivity contribution < 1.29 is 9.53 Å². The normalized spacial score (nSPS) is 12.5. The van der Waals surface area contributed by atoms with Crippen LogP contribution in [0.4, 0.5) is 0 Å². The smallest absolute Gasteiger partial charge is 0.261 e. The van der Waals surface area contributed by atoms with Crippen molar-refractivity contribution in [1.82, 2.24) is 5.32 Å². The van der Waals surface area contributed by atoms with Gasteiger partial charge in [-0.1, -0.05) is 49.4 Å². The Balaban J connectivity index is 2.06. The highest BCUT2D eigenvalue weighted by Gasteiger charge is 2.22. The molecule has 0 heterocycles. The van der Waals surface area contributed by atoms with Gasteiger partial charge in [-0.15, -0.1) is 0 Å². The van der Waals surface area contributed by atoms with Gasteiger partial charge >= 0.3 is 0 Å². The lowest BCUT2D eigenvalue weighted by Gasteiger charge is -2.25. The topological polar surface area (TPSA) is 38.3 Å².